The Kier molecular flexibility index (Phi) is 6.78. The fourth-order valence-corrected chi connectivity index (χ4v) is 3.40. The minimum absolute atomic E-state index is 0. The summed E-state index contributed by atoms with van der Waals surface area (Å²) in [6.07, 6.45) is 5.32. The van der Waals surface area contributed by atoms with Gasteiger partial charge < -0.3 is 5.32 Å². The number of fused-ring (bicyclic) bond motifs is 1. The molecule has 0 aromatic carbocycles. The van der Waals surface area contributed by atoms with Crippen molar-refractivity contribution >= 4 is 18.1 Å². The molecular weight excluding hydrogens is 324 g/mol. The summed E-state index contributed by atoms with van der Waals surface area (Å²) < 4.78 is 1.63. The number of halogens is 1. The minimum Gasteiger partial charge on any atom is -0.317 e. The first-order valence-electron chi connectivity index (χ1n) is 8.61. The fraction of sp³-hybridized carbons (Fsp3) is 0.556. The van der Waals surface area contributed by atoms with Crippen molar-refractivity contribution in [3.05, 3.63) is 46.0 Å². The molecule has 0 atom stereocenters. The molecule has 1 aliphatic heterocycles. The summed E-state index contributed by atoms with van der Waals surface area (Å²) in [6.45, 7) is 8.17. The van der Waals surface area contributed by atoms with Gasteiger partial charge in [-0.3, -0.25) is 14.1 Å². The average molecular weight is 351 g/mol. The van der Waals surface area contributed by atoms with E-state index in [4.69, 9.17) is 4.98 Å². The third-order valence-corrected chi connectivity index (χ3v) is 4.56. The third kappa shape index (κ3) is 4.35. The van der Waals surface area contributed by atoms with Crippen molar-refractivity contribution in [2.24, 2.45) is 0 Å². The number of piperidine rings is 1. The smallest absolute Gasteiger partial charge is 0.258 e. The van der Waals surface area contributed by atoms with Gasteiger partial charge in [0.05, 0.1) is 5.69 Å². The van der Waals surface area contributed by atoms with E-state index in [1.165, 1.54) is 12.8 Å². The van der Waals surface area contributed by atoms with Crippen molar-refractivity contribution in [2.75, 3.05) is 19.6 Å². The summed E-state index contributed by atoms with van der Waals surface area (Å²) in [5.41, 5.74) is 2.69. The summed E-state index contributed by atoms with van der Waals surface area (Å²) >= 11 is 0. The maximum Gasteiger partial charge on any atom is 0.258 e. The average Bonchev–Trinajstić information content (AvgIpc) is 2.56. The molecule has 24 heavy (non-hydrogen) atoms. The minimum atomic E-state index is 0. The van der Waals surface area contributed by atoms with E-state index in [-0.39, 0.29) is 18.0 Å². The topological polar surface area (TPSA) is 49.6 Å². The number of hydrogen-bond donors (Lipinski definition) is 1. The number of pyridine rings is 1. The molecule has 0 saturated carbocycles. The van der Waals surface area contributed by atoms with E-state index in [1.807, 2.05) is 25.3 Å². The van der Waals surface area contributed by atoms with Crippen molar-refractivity contribution in [1.29, 1.82) is 0 Å². The molecular formula is C18H27ClN4O. The second-order valence-electron chi connectivity index (χ2n) is 6.47. The number of hydrogen-bond acceptors (Lipinski definition) is 4. The van der Waals surface area contributed by atoms with Crippen LogP contribution in [0.1, 0.15) is 37.4 Å². The molecule has 1 aliphatic rings. The molecule has 0 amide bonds. The molecule has 1 fully saturated rings. The van der Waals surface area contributed by atoms with Gasteiger partial charge in [-0.15, -0.1) is 12.4 Å². The summed E-state index contributed by atoms with van der Waals surface area (Å²) in [7, 11) is 0. The number of nitrogens with one attached hydrogen (secondary N) is 1. The van der Waals surface area contributed by atoms with Crippen molar-refractivity contribution in [2.45, 2.75) is 45.7 Å². The van der Waals surface area contributed by atoms with Crippen LogP contribution in [0.15, 0.2) is 29.2 Å². The molecule has 5 nitrogen and oxygen atoms in total. The normalized spacial score (nSPS) is 15.6. The van der Waals surface area contributed by atoms with Crippen molar-refractivity contribution in [1.82, 2.24) is 19.6 Å². The number of aromatic nitrogens is 2. The summed E-state index contributed by atoms with van der Waals surface area (Å²) in [6, 6.07) is 6.21. The number of rotatable bonds is 5. The van der Waals surface area contributed by atoms with Gasteiger partial charge in [0, 0.05) is 24.8 Å². The van der Waals surface area contributed by atoms with Gasteiger partial charge >= 0.3 is 0 Å². The van der Waals surface area contributed by atoms with Crippen LogP contribution in [0, 0.1) is 6.92 Å². The van der Waals surface area contributed by atoms with Crippen molar-refractivity contribution in [3.63, 3.8) is 0 Å². The van der Waals surface area contributed by atoms with Crippen molar-refractivity contribution < 1.29 is 0 Å². The zero-order valence-corrected chi connectivity index (χ0v) is 15.3. The molecule has 3 heterocycles. The van der Waals surface area contributed by atoms with E-state index < -0.39 is 0 Å². The molecule has 0 aliphatic carbocycles. The van der Waals surface area contributed by atoms with Crippen LogP contribution in [-0.4, -0.2) is 40.0 Å². The van der Waals surface area contributed by atoms with Crippen LogP contribution in [0.2, 0.25) is 0 Å². The molecule has 3 rings (SSSR count). The Morgan fingerprint density at radius 3 is 2.79 bits per heavy atom. The molecule has 1 saturated heterocycles. The monoisotopic (exact) mass is 350 g/mol. The van der Waals surface area contributed by atoms with Crippen LogP contribution in [0.4, 0.5) is 0 Å². The maximum absolute atomic E-state index is 12.4. The SMILES string of the molecule is CCCN(Cc1cc(=O)n2cc(C)ccc2n1)C1CCNCC1.Cl. The molecule has 0 bridgehead atoms. The van der Waals surface area contributed by atoms with Gasteiger partial charge in [-0.2, -0.15) is 0 Å². The van der Waals surface area contributed by atoms with E-state index in [0.29, 0.717) is 6.04 Å². The van der Waals surface area contributed by atoms with Gasteiger partial charge in [0.2, 0.25) is 0 Å². The van der Waals surface area contributed by atoms with Gasteiger partial charge in [-0.05, 0) is 57.5 Å². The Hall–Kier alpha value is -1.43. The third-order valence-electron chi connectivity index (χ3n) is 4.56. The first-order valence-corrected chi connectivity index (χ1v) is 8.61. The second-order valence-corrected chi connectivity index (χ2v) is 6.47. The Bertz CT molecular complexity index is 725. The van der Waals surface area contributed by atoms with Crippen LogP contribution in [0.25, 0.3) is 5.65 Å². The molecule has 6 heteroatoms. The van der Waals surface area contributed by atoms with Gasteiger partial charge in [0.25, 0.3) is 5.56 Å². The first-order chi connectivity index (χ1) is 11.2. The lowest BCUT2D eigenvalue weighted by Gasteiger charge is -2.34. The number of aryl methyl sites for hydroxylation is 1. The van der Waals surface area contributed by atoms with E-state index in [2.05, 4.69) is 17.1 Å². The van der Waals surface area contributed by atoms with Crippen LogP contribution in [-0.2, 0) is 6.54 Å². The Morgan fingerprint density at radius 2 is 2.08 bits per heavy atom. The predicted octanol–water partition coefficient (Wildman–Crippen LogP) is 2.39. The zero-order chi connectivity index (χ0) is 16.2. The van der Waals surface area contributed by atoms with E-state index >= 15 is 0 Å². The van der Waals surface area contributed by atoms with Crippen LogP contribution in [0.3, 0.4) is 0 Å². The Balaban J connectivity index is 0.00000208. The highest BCUT2D eigenvalue weighted by atomic mass is 35.5. The number of nitrogens with zero attached hydrogens (tertiary/aromatic N) is 3. The zero-order valence-electron chi connectivity index (χ0n) is 14.5. The summed E-state index contributed by atoms with van der Waals surface area (Å²) in [5, 5.41) is 3.42. The highest BCUT2D eigenvalue weighted by molar-refractivity contribution is 5.85. The van der Waals surface area contributed by atoms with Gasteiger partial charge in [-0.1, -0.05) is 13.0 Å². The lowest BCUT2D eigenvalue weighted by atomic mass is 10.0. The van der Waals surface area contributed by atoms with Gasteiger partial charge in [0.1, 0.15) is 5.65 Å². The first kappa shape index (κ1) is 18.9. The van der Waals surface area contributed by atoms with Crippen LogP contribution in [0.5, 0.6) is 0 Å². The molecule has 0 unspecified atom stereocenters. The summed E-state index contributed by atoms with van der Waals surface area (Å²) in [5.74, 6) is 0. The van der Waals surface area contributed by atoms with E-state index in [9.17, 15) is 4.79 Å². The molecule has 2 aromatic heterocycles. The Labute approximate surface area is 149 Å². The van der Waals surface area contributed by atoms with Crippen LogP contribution >= 0.6 is 12.4 Å². The highest BCUT2D eigenvalue weighted by Crippen LogP contribution is 2.15. The molecule has 132 valence electrons. The lowest BCUT2D eigenvalue weighted by molar-refractivity contribution is 0.152. The van der Waals surface area contributed by atoms with Gasteiger partial charge in [-0.25, -0.2) is 4.98 Å². The highest BCUT2D eigenvalue weighted by Gasteiger charge is 2.21. The lowest BCUT2D eigenvalue weighted by Crippen LogP contribution is -2.43. The van der Waals surface area contributed by atoms with E-state index in [1.54, 1.807) is 10.5 Å². The largest absolute Gasteiger partial charge is 0.317 e. The molecule has 0 radical (unpaired) electrons. The quantitative estimate of drug-likeness (QED) is 0.899. The maximum atomic E-state index is 12.4. The predicted molar refractivity (Wildman–Crippen MR) is 100 cm³/mol. The standard InChI is InChI=1S/C18H26N4O.ClH/c1-3-10-21(16-6-8-19-9-7-16)13-15-11-18(23)22-12-14(2)4-5-17(22)20-15;/h4-5,11-12,16,19H,3,6-10,13H2,1-2H3;1H. The molecule has 2 aromatic rings. The summed E-state index contributed by atoms with van der Waals surface area (Å²) in [4.78, 5) is 19.6. The Morgan fingerprint density at radius 1 is 1.33 bits per heavy atom. The molecule has 0 spiro atoms. The molecule has 1 N–H and O–H groups in total. The van der Waals surface area contributed by atoms with Crippen LogP contribution < -0.4 is 10.9 Å². The van der Waals surface area contributed by atoms with Gasteiger partial charge in [0.15, 0.2) is 0 Å². The second kappa shape index (κ2) is 8.60. The van der Waals surface area contributed by atoms with Crippen molar-refractivity contribution in [3.8, 4) is 0 Å². The fourth-order valence-electron chi connectivity index (χ4n) is 3.40. The van der Waals surface area contributed by atoms with E-state index in [0.717, 1.165) is 49.5 Å².